The third kappa shape index (κ3) is 8.93. The fraction of sp³-hybridized carbons (Fsp3) is 0.325. The van der Waals surface area contributed by atoms with Crippen molar-refractivity contribution < 1.29 is 47.2 Å². The smallest absolute Gasteiger partial charge is 0.471 e. The molecule has 2 aliphatic rings. The minimum absolute atomic E-state index is 0.0603. The molecule has 4 aromatic carbocycles. The van der Waals surface area contributed by atoms with Gasteiger partial charge in [-0.3, -0.25) is 9.59 Å². The number of alkyl halides is 3. The third-order valence-corrected chi connectivity index (χ3v) is 10.8. The molecule has 3 N–H and O–H groups in total. The summed E-state index contributed by atoms with van der Waals surface area (Å²) in [5, 5.41) is 22.0. The van der Waals surface area contributed by atoms with Crippen molar-refractivity contribution in [1.29, 1.82) is 0 Å². The van der Waals surface area contributed by atoms with E-state index in [1.807, 2.05) is 73.7 Å². The predicted octanol–water partition coefficient (Wildman–Crippen LogP) is 7.30. The van der Waals surface area contributed by atoms with Gasteiger partial charge in [0.2, 0.25) is 5.91 Å². The Balaban J connectivity index is 1.20. The number of nitrogens with one attached hydrogen (secondary N) is 1. The number of rotatable bonds is 11. The topological polar surface area (TPSA) is 125 Å². The number of benzene rings is 4. The molecule has 53 heavy (non-hydrogen) atoms. The molecule has 0 aromatic heterocycles. The van der Waals surface area contributed by atoms with Crippen LogP contribution >= 0.6 is 11.8 Å². The Morgan fingerprint density at radius 1 is 0.887 bits per heavy atom. The van der Waals surface area contributed by atoms with Gasteiger partial charge in [0.15, 0.2) is 6.29 Å². The fourth-order valence-corrected chi connectivity index (χ4v) is 7.94. The third-order valence-electron chi connectivity index (χ3n) is 9.59. The SMILES string of the molecule is CC1C(CSc2ccccc2C(=O)O)OC(c2cccc(-c3cccc(CNC(=O)C4CCCN4C(=O)C(F)(F)F)c3)c2)OC1c1ccc(CO)cc1. The maximum absolute atomic E-state index is 13.1. The molecule has 278 valence electrons. The number of carbonyl (C=O) groups excluding carboxylic acids is 2. The second-order valence-electron chi connectivity index (χ2n) is 13.1. The van der Waals surface area contributed by atoms with E-state index >= 15 is 0 Å². The van der Waals surface area contributed by atoms with Gasteiger partial charge in [-0.15, -0.1) is 11.8 Å². The molecule has 0 saturated carbocycles. The Hall–Kier alpha value is -4.69. The zero-order chi connectivity index (χ0) is 37.7. The van der Waals surface area contributed by atoms with Crippen molar-refractivity contribution in [2.75, 3.05) is 12.3 Å². The molecule has 0 spiro atoms. The highest BCUT2D eigenvalue weighted by Gasteiger charge is 2.47. The molecule has 2 saturated heterocycles. The van der Waals surface area contributed by atoms with Crippen LogP contribution in [0, 0.1) is 5.92 Å². The molecule has 13 heteroatoms. The highest BCUT2D eigenvalue weighted by atomic mass is 32.2. The lowest BCUT2D eigenvalue weighted by Gasteiger charge is -2.41. The molecule has 0 aliphatic carbocycles. The normalized spacial score (nSPS) is 21.7. The molecule has 9 nitrogen and oxygen atoms in total. The number of aliphatic hydroxyl groups excluding tert-OH is 1. The van der Waals surface area contributed by atoms with Gasteiger partial charge in [0.05, 0.1) is 24.4 Å². The molecule has 5 atom stereocenters. The number of hydrogen-bond donors (Lipinski definition) is 3. The molecule has 2 fully saturated rings. The first-order valence-corrected chi connectivity index (χ1v) is 18.2. The van der Waals surface area contributed by atoms with Crippen molar-refractivity contribution in [3.05, 3.63) is 125 Å². The first-order valence-electron chi connectivity index (χ1n) is 17.2. The van der Waals surface area contributed by atoms with Crippen LogP contribution < -0.4 is 5.32 Å². The van der Waals surface area contributed by atoms with Crippen LogP contribution in [0.15, 0.2) is 102 Å². The molecule has 2 heterocycles. The van der Waals surface area contributed by atoms with E-state index in [2.05, 4.69) is 5.32 Å². The summed E-state index contributed by atoms with van der Waals surface area (Å²) in [7, 11) is 0. The van der Waals surface area contributed by atoms with E-state index in [1.165, 1.54) is 11.8 Å². The quantitative estimate of drug-likeness (QED) is 0.137. The van der Waals surface area contributed by atoms with Crippen molar-refractivity contribution in [2.24, 2.45) is 5.92 Å². The van der Waals surface area contributed by atoms with Crippen LogP contribution in [0.5, 0.6) is 0 Å². The number of amides is 2. The number of halogens is 3. The Labute approximate surface area is 309 Å². The molecule has 6 rings (SSSR count). The summed E-state index contributed by atoms with van der Waals surface area (Å²) in [5.41, 5.74) is 5.04. The summed E-state index contributed by atoms with van der Waals surface area (Å²) < 4.78 is 52.4. The molecule has 2 aliphatic heterocycles. The van der Waals surface area contributed by atoms with Crippen molar-refractivity contribution in [3.8, 4) is 11.1 Å². The van der Waals surface area contributed by atoms with Gasteiger partial charge >= 0.3 is 18.1 Å². The van der Waals surface area contributed by atoms with Gasteiger partial charge < -0.3 is 29.9 Å². The van der Waals surface area contributed by atoms with Gasteiger partial charge in [-0.2, -0.15) is 13.2 Å². The summed E-state index contributed by atoms with van der Waals surface area (Å²) in [6.45, 7) is 1.89. The second kappa shape index (κ2) is 16.5. The van der Waals surface area contributed by atoms with Gasteiger partial charge in [-0.25, -0.2) is 4.79 Å². The molecular weight excluding hydrogens is 710 g/mol. The van der Waals surface area contributed by atoms with Crippen LogP contribution in [0.1, 0.15) is 64.8 Å². The Morgan fingerprint density at radius 3 is 2.32 bits per heavy atom. The molecule has 0 bridgehead atoms. The zero-order valence-corrected chi connectivity index (χ0v) is 29.6. The molecule has 5 unspecified atom stereocenters. The molecular formula is C40H39F3N2O7S. The predicted molar refractivity (Wildman–Crippen MR) is 192 cm³/mol. The average molecular weight is 749 g/mol. The van der Waals surface area contributed by atoms with E-state index in [0.29, 0.717) is 22.0 Å². The second-order valence-corrected chi connectivity index (χ2v) is 14.2. The molecule has 4 aromatic rings. The lowest BCUT2D eigenvalue weighted by Crippen LogP contribution is -2.50. The number of carboxylic acids is 1. The molecule has 2 amide bonds. The number of likely N-dealkylation sites (tertiary alicyclic amines) is 1. The Kier molecular flexibility index (Phi) is 11.9. The number of thioether (sulfide) groups is 1. The number of nitrogens with zero attached hydrogens (tertiary/aromatic N) is 1. The van der Waals surface area contributed by atoms with Gasteiger partial charge in [0.25, 0.3) is 0 Å². The van der Waals surface area contributed by atoms with E-state index in [4.69, 9.17) is 9.47 Å². The van der Waals surface area contributed by atoms with E-state index in [0.717, 1.165) is 33.4 Å². The number of carboxylic acid groups (broad SMARTS) is 1. The maximum Gasteiger partial charge on any atom is 0.471 e. The van der Waals surface area contributed by atoms with E-state index in [9.17, 15) is 37.8 Å². The summed E-state index contributed by atoms with van der Waals surface area (Å²) in [6.07, 6.45) is -6.05. The standard InChI is InChI=1S/C40H39F3N2O7S/c1-24-33(23-53-34-13-3-2-11-31(34)37(48)49)51-38(52-35(24)27-16-14-25(22-46)15-17-27)30-10-5-9-29(20-30)28-8-4-7-26(19-28)21-44-36(47)32-12-6-18-45(32)39(50)40(41,42)43/h2-5,7-11,13-17,19-20,24,32-33,35,38,46H,6,12,18,21-23H2,1H3,(H,44,47)(H,48,49). The first kappa shape index (κ1) is 38.0. The minimum Gasteiger partial charge on any atom is -0.478 e. The van der Waals surface area contributed by atoms with Crippen molar-refractivity contribution in [2.45, 2.75) is 68.5 Å². The number of carbonyl (C=O) groups is 3. The minimum atomic E-state index is -5.04. The first-order chi connectivity index (χ1) is 25.4. The average Bonchev–Trinajstić information content (AvgIpc) is 3.66. The lowest BCUT2D eigenvalue weighted by molar-refractivity contribution is -0.268. The lowest BCUT2D eigenvalue weighted by atomic mass is 9.91. The summed E-state index contributed by atoms with van der Waals surface area (Å²) in [6, 6.07) is 28.3. The van der Waals surface area contributed by atoms with Crippen LogP contribution in [0.25, 0.3) is 11.1 Å². The van der Waals surface area contributed by atoms with E-state index in [-0.39, 0.29) is 49.8 Å². The number of aromatic carboxylic acids is 1. The fourth-order valence-electron chi connectivity index (χ4n) is 6.73. The summed E-state index contributed by atoms with van der Waals surface area (Å²) in [4.78, 5) is 37.8. The van der Waals surface area contributed by atoms with Crippen molar-refractivity contribution in [1.82, 2.24) is 10.2 Å². The monoisotopic (exact) mass is 748 g/mol. The highest BCUT2D eigenvalue weighted by molar-refractivity contribution is 7.99. The van der Waals surface area contributed by atoms with E-state index < -0.39 is 36.3 Å². The summed E-state index contributed by atoms with van der Waals surface area (Å²) >= 11 is 1.41. The van der Waals surface area contributed by atoms with Crippen LogP contribution in [0.2, 0.25) is 0 Å². The van der Waals surface area contributed by atoms with Crippen molar-refractivity contribution >= 4 is 29.5 Å². The molecule has 0 radical (unpaired) electrons. The zero-order valence-electron chi connectivity index (χ0n) is 28.8. The van der Waals surface area contributed by atoms with Crippen LogP contribution in [-0.4, -0.2) is 63.5 Å². The van der Waals surface area contributed by atoms with Gasteiger partial charge in [0.1, 0.15) is 6.04 Å². The maximum atomic E-state index is 13.1. The van der Waals surface area contributed by atoms with Crippen LogP contribution in [-0.2, 0) is 32.2 Å². The van der Waals surface area contributed by atoms with Gasteiger partial charge in [-0.1, -0.05) is 79.7 Å². The van der Waals surface area contributed by atoms with E-state index in [1.54, 1.807) is 30.3 Å². The van der Waals surface area contributed by atoms with Crippen LogP contribution in [0.3, 0.4) is 0 Å². The Bertz CT molecular complexity index is 1940. The Morgan fingerprint density at radius 2 is 1.60 bits per heavy atom. The number of aliphatic hydroxyl groups is 1. The largest absolute Gasteiger partial charge is 0.478 e. The van der Waals surface area contributed by atoms with Crippen molar-refractivity contribution in [3.63, 3.8) is 0 Å². The van der Waals surface area contributed by atoms with Gasteiger partial charge in [-0.05, 0) is 64.9 Å². The number of hydrogen-bond acceptors (Lipinski definition) is 7. The van der Waals surface area contributed by atoms with Gasteiger partial charge in [0, 0.05) is 35.2 Å². The number of ether oxygens (including phenoxy) is 2. The summed E-state index contributed by atoms with van der Waals surface area (Å²) in [5.74, 6) is -3.29. The van der Waals surface area contributed by atoms with Crippen LogP contribution in [0.4, 0.5) is 13.2 Å². The highest BCUT2D eigenvalue weighted by Crippen LogP contribution is 2.44.